The van der Waals surface area contributed by atoms with Crippen molar-refractivity contribution >= 4 is 23.2 Å². The zero-order valence-electron chi connectivity index (χ0n) is 20.5. The molecule has 0 spiro atoms. The molecule has 2 aromatic carbocycles. The summed E-state index contributed by atoms with van der Waals surface area (Å²) in [5.41, 5.74) is 3.79. The van der Waals surface area contributed by atoms with Gasteiger partial charge in [-0.2, -0.15) is 0 Å². The van der Waals surface area contributed by atoms with Crippen LogP contribution < -0.4 is 0 Å². The molecule has 2 amide bonds. The Balaban J connectivity index is 1.39. The first-order valence-electron chi connectivity index (χ1n) is 12.2. The Morgan fingerprint density at radius 1 is 1.03 bits per heavy atom. The molecule has 1 aromatic heterocycles. The Labute approximate surface area is 210 Å². The Morgan fingerprint density at radius 3 is 2.34 bits per heavy atom. The van der Waals surface area contributed by atoms with Crippen molar-refractivity contribution in [2.24, 2.45) is 0 Å². The number of hydrogen-bond acceptors (Lipinski definition) is 3. The van der Waals surface area contributed by atoms with Crippen LogP contribution in [0.2, 0.25) is 0 Å². The van der Waals surface area contributed by atoms with E-state index in [0.717, 1.165) is 30.4 Å². The summed E-state index contributed by atoms with van der Waals surface area (Å²) in [4.78, 5) is 32.1. The molecular formula is C29H31FN2O2S. The van der Waals surface area contributed by atoms with Crippen LogP contribution in [0.3, 0.4) is 0 Å². The van der Waals surface area contributed by atoms with Gasteiger partial charge >= 0.3 is 0 Å². The molecule has 0 bridgehead atoms. The molecule has 1 aliphatic carbocycles. The second kappa shape index (κ2) is 9.23. The average molecular weight is 491 g/mol. The number of hydrogen-bond donors (Lipinski definition) is 0. The fourth-order valence-electron chi connectivity index (χ4n) is 4.86. The van der Waals surface area contributed by atoms with E-state index in [1.165, 1.54) is 22.6 Å². The fourth-order valence-corrected chi connectivity index (χ4v) is 5.76. The maximum Gasteiger partial charge on any atom is 0.254 e. The molecule has 1 atom stereocenters. The van der Waals surface area contributed by atoms with E-state index < -0.39 is 0 Å². The standard InChI is InChI=1S/C29H31FN2O2S/c1-29(2,3)21-8-4-20(5-9-21)28(34)32(23-12-13-23)18-26(33)31-16-14-25-24(15-17-35-25)27(31)19-6-10-22(30)11-7-19/h4-11,15,17,23,27H,12-14,16,18H2,1-3H3. The van der Waals surface area contributed by atoms with Gasteiger partial charge in [0.15, 0.2) is 0 Å². The predicted octanol–water partition coefficient (Wildman–Crippen LogP) is 5.96. The lowest BCUT2D eigenvalue weighted by Gasteiger charge is -2.37. The van der Waals surface area contributed by atoms with Crippen molar-refractivity contribution in [3.63, 3.8) is 0 Å². The van der Waals surface area contributed by atoms with E-state index in [2.05, 4.69) is 32.2 Å². The molecule has 182 valence electrons. The first-order chi connectivity index (χ1) is 16.7. The molecule has 2 heterocycles. The third-order valence-corrected chi connectivity index (χ3v) is 8.02. The van der Waals surface area contributed by atoms with Crippen LogP contribution >= 0.6 is 11.3 Å². The molecule has 0 N–H and O–H groups in total. The first kappa shape index (κ1) is 23.7. The number of halogens is 1. The number of carbonyl (C=O) groups excluding carboxylic acids is 2. The quantitative estimate of drug-likeness (QED) is 0.443. The molecule has 1 aliphatic heterocycles. The van der Waals surface area contributed by atoms with Crippen molar-refractivity contribution in [2.75, 3.05) is 13.1 Å². The first-order valence-corrected chi connectivity index (χ1v) is 13.1. The summed E-state index contributed by atoms with van der Waals surface area (Å²) in [6.45, 7) is 7.08. The number of carbonyl (C=O) groups is 2. The summed E-state index contributed by atoms with van der Waals surface area (Å²) >= 11 is 1.70. The minimum Gasteiger partial charge on any atom is -0.330 e. The summed E-state index contributed by atoms with van der Waals surface area (Å²) < 4.78 is 13.6. The van der Waals surface area contributed by atoms with Crippen LogP contribution in [0.5, 0.6) is 0 Å². The van der Waals surface area contributed by atoms with E-state index in [0.29, 0.717) is 12.1 Å². The maximum absolute atomic E-state index is 13.7. The Kier molecular flexibility index (Phi) is 6.26. The smallest absolute Gasteiger partial charge is 0.254 e. The van der Waals surface area contributed by atoms with E-state index in [1.54, 1.807) is 28.4 Å². The molecule has 2 aliphatic rings. The third kappa shape index (κ3) is 4.90. The van der Waals surface area contributed by atoms with Gasteiger partial charge < -0.3 is 9.80 Å². The van der Waals surface area contributed by atoms with Crippen LogP contribution in [0.1, 0.15) is 71.6 Å². The topological polar surface area (TPSA) is 40.6 Å². The summed E-state index contributed by atoms with van der Waals surface area (Å²) in [6.07, 6.45) is 2.65. The molecule has 0 saturated heterocycles. The van der Waals surface area contributed by atoms with Gasteiger partial charge in [-0.25, -0.2) is 4.39 Å². The van der Waals surface area contributed by atoms with Crippen molar-refractivity contribution in [2.45, 2.75) is 57.5 Å². The molecule has 4 nitrogen and oxygen atoms in total. The Morgan fingerprint density at radius 2 is 1.71 bits per heavy atom. The van der Waals surface area contributed by atoms with Crippen LogP contribution in [-0.4, -0.2) is 40.7 Å². The lowest BCUT2D eigenvalue weighted by molar-refractivity contribution is -0.134. The van der Waals surface area contributed by atoms with Crippen molar-refractivity contribution in [1.82, 2.24) is 9.80 Å². The number of nitrogens with zero attached hydrogens (tertiary/aromatic N) is 2. The summed E-state index contributed by atoms with van der Waals surface area (Å²) in [7, 11) is 0. The molecule has 1 unspecified atom stereocenters. The molecule has 1 saturated carbocycles. The minimum atomic E-state index is -0.295. The van der Waals surface area contributed by atoms with Gasteiger partial charge in [0.05, 0.1) is 6.04 Å². The van der Waals surface area contributed by atoms with Gasteiger partial charge in [-0.1, -0.05) is 45.0 Å². The maximum atomic E-state index is 13.7. The van der Waals surface area contributed by atoms with Gasteiger partial charge in [0.1, 0.15) is 12.4 Å². The number of amides is 2. The predicted molar refractivity (Wildman–Crippen MR) is 137 cm³/mol. The van der Waals surface area contributed by atoms with Gasteiger partial charge in [0, 0.05) is 23.0 Å². The van der Waals surface area contributed by atoms with Crippen molar-refractivity contribution in [1.29, 1.82) is 0 Å². The molecule has 0 radical (unpaired) electrons. The average Bonchev–Trinajstić information content (AvgIpc) is 3.57. The van der Waals surface area contributed by atoms with Gasteiger partial charge in [-0.15, -0.1) is 11.3 Å². The fraction of sp³-hybridized carbons (Fsp3) is 0.379. The molecule has 6 heteroatoms. The molecule has 3 aromatic rings. The van der Waals surface area contributed by atoms with Gasteiger partial charge in [0.25, 0.3) is 5.91 Å². The highest BCUT2D eigenvalue weighted by atomic mass is 32.1. The summed E-state index contributed by atoms with van der Waals surface area (Å²) in [5, 5.41) is 2.05. The largest absolute Gasteiger partial charge is 0.330 e. The SMILES string of the molecule is CC(C)(C)c1ccc(C(=O)N(CC(=O)N2CCc3sccc3C2c2ccc(F)cc2)C2CC2)cc1. The van der Waals surface area contributed by atoms with Crippen molar-refractivity contribution < 1.29 is 14.0 Å². The van der Waals surface area contributed by atoms with Crippen molar-refractivity contribution in [3.8, 4) is 0 Å². The van der Waals surface area contributed by atoms with Gasteiger partial charge in [-0.05, 0) is 77.1 Å². The monoisotopic (exact) mass is 490 g/mol. The number of fused-ring (bicyclic) bond motifs is 1. The highest BCUT2D eigenvalue weighted by molar-refractivity contribution is 7.10. The van der Waals surface area contributed by atoms with Gasteiger partial charge in [-0.3, -0.25) is 9.59 Å². The highest BCUT2D eigenvalue weighted by Crippen LogP contribution is 2.38. The van der Waals surface area contributed by atoms with E-state index in [1.807, 2.05) is 29.2 Å². The van der Waals surface area contributed by atoms with E-state index in [-0.39, 0.29) is 41.7 Å². The highest BCUT2D eigenvalue weighted by Gasteiger charge is 2.38. The molecule has 35 heavy (non-hydrogen) atoms. The van der Waals surface area contributed by atoms with E-state index >= 15 is 0 Å². The van der Waals surface area contributed by atoms with Crippen LogP contribution in [0, 0.1) is 5.82 Å². The van der Waals surface area contributed by atoms with Crippen LogP contribution in [0.25, 0.3) is 0 Å². The van der Waals surface area contributed by atoms with Crippen LogP contribution in [0.15, 0.2) is 60.0 Å². The van der Waals surface area contributed by atoms with Crippen LogP contribution in [0.4, 0.5) is 4.39 Å². The second-order valence-electron chi connectivity index (χ2n) is 10.6. The second-order valence-corrected chi connectivity index (χ2v) is 11.6. The normalized spacial score (nSPS) is 17.7. The zero-order chi connectivity index (χ0) is 24.7. The molecule has 1 fully saturated rings. The van der Waals surface area contributed by atoms with Gasteiger partial charge in [0.2, 0.25) is 5.91 Å². The van der Waals surface area contributed by atoms with Crippen LogP contribution in [-0.2, 0) is 16.6 Å². The number of thiophene rings is 1. The lowest BCUT2D eigenvalue weighted by atomic mass is 9.86. The minimum absolute atomic E-state index is 0.0118. The number of benzene rings is 2. The summed E-state index contributed by atoms with van der Waals surface area (Å²) in [6, 6.07) is 16.1. The van der Waals surface area contributed by atoms with E-state index in [4.69, 9.17) is 0 Å². The van der Waals surface area contributed by atoms with E-state index in [9.17, 15) is 14.0 Å². The third-order valence-electron chi connectivity index (χ3n) is 7.02. The molecular weight excluding hydrogens is 459 g/mol. The summed E-state index contributed by atoms with van der Waals surface area (Å²) in [5.74, 6) is -0.452. The molecule has 5 rings (SSSR count). The lowest BCUT2D eigenvalue weighted by Crippen LogP contribution is -2.47. The number of rotatable bonds is 5. The zero-order valence-corrected chi connectivity index (χ0v) is 21.3. The Bertz CT molecular complexity index is 1220. The van der Waals surface area contributed by atoms with Crippen molar-refractivity contribution in [3.05, 3.63) is 92.9 Å². The Hall–Kier alpha value is -2.99.